The van der Waals surface area contributed by atoms with Gasteiger partial charge in [0.2, 0.25) is 0 Å². The van der Waals surface area contributed by atoms with E-state index < -0.39 is 10.0 Å². The van der Waals surface area contributed by atoms with E-state index in [1.807, 2.05) is 32.0 Å². The van der Waals surface area contributed by atoms with E-state index in [-0.39, 0.29) is 4.90 Å². The summed E-state index contributed by atoms with van der Waals surface area (Å²) in [5.74, 6) is 0. The monoisotopic (exact) mass is 304 g/mol. The summed E-state index contributed by atoms with van der Waals surface area (Å²) in [6.07, 6.45) is 0. The second-order valence-corrected chi connectivity index (χ2v) is 6.81. The predicted octanol–water partition coefficient (Wildman–Crippen LogP) is 3.10. The van der Waals surface area contributed by atoms with Crippen molar-refractivity contribution in [2.75, 3.05) is 16.6 Å². The lowest BCUT2D eigenvalue weighted by molar-refractivity contribution is 0.591. The molecule has 0 amide bonds. The third-order valence-electron chi connectivity index (χ3n) is 3.44. The fourth-order valence-electron chi connectivity index (χ4n) is 2.32. The molecule has 0 aliphatic heterocycles. The largest absolute Gasteiger partial charge is 0.398 e. The number of para-hydroxylation sites is 1. The Labute approximate surface area is 126 Å². The molecule has 0 unspecified atom stereocenters. The van der Waals surface area contributed by atoms with Crippen LogP contribution in [0.25, 0.3) is 0 Å². The maximum atomic E-state index is 13.0. The molecule has 0 radical (unpaired) electrons. The van der Waals surface area contributed by atoms with Crippen molar-refractivity contribution in [3.63, 3.8) is 0 Å². The predicted molar refractivity (Wildman–Crippen MR) is 87.0 cm³/mol. The molecule has 0 aliphatic carbocycles. The highest BCUT2D eigenvalue weighted by Crippen LogP contribution is 2.28. The Kier molecular flexibility index (Phi) is 4.23. The number of anilines is 2. The Morgan fingerprint density at radius 1 is 1.10 bits per heavy atom. The van der Waals surface area contributed by atoms with Gasteiger partial charge in [-0.3, -0.25) is 4.31 Å². The van der Waals surface area contributed by atoms with Gasteiger partial charge in [-0.2, -0.15) is 0 Å². The molecule has 21 heavy (non-hydrogen) atoms. The van der Waals surface area contributed by atoms with Gasteiger partial charge in [0.1, 0.15) is 0 Å². The molecule has 2 aromatic rings. The first-order chi connectivity index (χ1) is 9.87. The highest BCUT2D eigenvalue weighted by atomic mass is 32.2. The van der Waals surface area contributed by atoms with Gasteiger partial charge in [0.25, 0.3) is 10.0 Å². The molecule has 0 aliphatic rings. The van der Waals surface area contributed by atoms with Crippen molar-refractivity contribution >= 4 is 21.4 Å². The smallest absolute Gasteiger partial charge is 0.264 e. The lowest BCUT2D eigenvalue weighted by atomic mass is 10.1. The van der Waals surface area contributed by atoms with Gasteiger partial charge in [0.05, 0.1) is 10.6 Å². The molecule has 0 aromatic heterocycles. The van der Waals surface area contributed by atoms with E-state index in [1.165, 1.54) is 4.31 Å². The van der Waals surface area contributed by atoms with Crippen LogP contribution in [0.3, 0.4) is 0 Å². The first kappa shape index (κ1) is 15.4. The molecule has 0 spiro atoms. The van der Waals surface area contributed by atoms with Crippen molar-refractivity contribution in [3.05, 3.63) is 53.6 Å². The van der Waals surface area contributed by atoms with Crippen molar-refractivity contribution in [2.45, 2.75) is 25.7 Å². The molecule has 112 valence electrons. The SMILES string of the molecule is CCN(c1ccccc1)S(=O)(=O)c1cc(C)cc(N)c1C. The summed E-state index contributed by atoms with van der Waals surface area (Å²) >= 11 is 0. The maximum Gasteiger partial charge on any atom is 0.264 e. The number of nitrogens with zero attached hydrogens (tertiary/aromatic N) is 1. The van der Waals surface area contributed by atoms with Crippen LogP contribution in [0.2, 0.25) is 0 Å². The highest BCUT2D eigenvalue weighted by molar-refractivity contribution is 7.92. The summed E-state index contributed by atoms with van der Waals surface area (Å²) in [6, 6.07) is 12.5. The zero-order valence-electron chi connectivity index (χ0n) is 12.5. The van der Waals surface area contributed by atoms with E-state index in [4.69, 9.17) is 5.73 Å². The summed E-state index contributed by atoms with van der Waals surface area (Å²) in [4.78, 5) is 0.269. The summed E-state index contributed by atoms with van der Waals surface area (Å²) in [5.41, 5.74) is 8.49. The minimum absolute atomic E-state index is 0.269. The zero-order chi connectivity index (χ0) is 15.6. The van der Waals surface area contributed by atoms with Gasteiger partial charge in [-0.25, -0.2) is 8.42 Å². The molecular weight excluding hydrogens is 284 g/mol. The molecule has 0 fully saturated rings. The van der Waals surface area contributed by atoms with Crippen LogP contribution in [0.15, 0.2) is 47.4 Å². The summed E-state index contributed by atoms with van der Waals surface area (Å²) in [6.45, 7) is 5.76. The van der Waals surface area contributed by atoms with Crippen LogP contribution in [-0.2, 0) is 10.0 Å². The Morgan fingerprint density at radius 2 is 1.71 bits per heavy atom. The number of hydrogen-bond acceptors (Lipinski definition) is 3. The third-order valence-corrected chi connectivity index (χ3v) is 5.47. The van der Waals surface area contributed by atoms with Gasteiger partial charge in [-0.1, -0.05) is 18.2 Å². The summed E-state index contributed by atoms with van der Waals surface area (Å²) in [7, 11) is -3.63. The van der Waals surface area contributed by atoms with Crippen molar-refractivity contribution < 1.29 is 8.42 Å². The summed E-state index contributed by atoms with van der Waals surface area (Å²) in [5, 5.41) is 0. The maximum absolute atomic E-state index is 13.0. The lowest BCUT2D eigenvalue weighted by Crippen LogP contribution is -2.31. The van der Waals surface area contributed by atoms with Crippen LogP contribution >= 0.6 is 0 Å². The number of sulfonamides is 1. The number of hydrogen-bond donors (Lipinski definition) is 1. The van der Waals surface area contributed by atoms with Gasteiger partial charge >= 0.3 is 0 Å². The van der Waals surface area contributed by atoms with Gasteiger partial charge in [0, 0.05) is 12.2 Å². The third kappa shape index (κ3) is 2.88. The molecule has 0 saturated carbocycles. The minimum Gasteiger partial charge on any atom is -0.398 e. The van der Waals surface area contributed by atoms with Crippen molar-refractivity contribution in [1.29, 1.82) is 0 Å². The van der Waals surface area contributed by atoms with E-state index in [1.54, 1.807) is 31.2 Å². The van der Waals surface area contributed by atoms with Gasteiger partial charge in [-0.05, 0) is 56.2 Å². The highest BCUT2D eigenvalue weighted by Gasteiger charge is 2.26. The van der Waals surface area contributed by atoms with Gasteiger partial charge < -0.3 is 5.73 Å². The molecule has 0 bridgehead atoms. The molecule has 4 nitrogen and oxygen atoms in total. The molecule has 0 atom stereocenters. The normalized spacial score (nSPS) is 11.4. The standard InChI is InChI=1S/C16H20N2O2S/c1-4-18(14-8-6-5-7-9-14)21(19,20)16-11-12(2)10-15(17)13(16)3/h5-11H,4,17H2,1-3H3. The van der Waals surface area contributed by atoms with Crippen LogP contribution in [0.5, 0.6) is 0 Å². The van der Waals surface area contributed by atoms with Crippen molar-refractivity contribution in [2.24, 2.45) is 0 Å². The van der Waals surface area contributed by atoms with Crippen LogP contribution in [0, 0.1) is 13.8 Å². The average molecular weight is 304 g/mol. The average Bonchev–Trinajstić information content (AvgIpc) is 2.44. The van der Waals surface area contributed by atoms with Crippen molar-refractivity contribution in [3.8, 4) is 0 Å². The first-order valence-electron chi connectivity index (χ1n) is 6.82. The molecular formula is C16H20N2O2S. The fraction of sp³-hybridized carbons (Fsp3) is 0.250. The number of rotatable bonds is 4. The quantitative estimate of drug-likeness (QED) is 0.883. The van der Waals surface area contributed by atoms with Crippen LogP contribution in [-0.4, -0.2) is 15.0 Å². The second kappa shape index (κ2) is 5.77. The molecule has 2 N–H and O–H groups in total. The number of nitrogen functional groups attached to an aromatic ring is 1. The van der Waals surface area contributed by atoms with E-state index in [2.05, 4.69) is 0 Å². The van der Waals surface area contributed by atoms with E-state index in [0.29, 0.717) is 23.5 Å². The van der Waals surface area contributed by atoms with Gasteiger partial charge in [-0.15, -0.1) is 0 Å². The molecule has 2 aromatic carbocycles. The van der Waals surface area contributed by atoms with Crippen LogP contribution in [0.4, 0.5) is 11.4 Å². The Hall–Kier alpha value is -2.01. The first-order valence-corrected chi connectivity index (χ1v) is 8.26. The van der Waals surface area contributed by atoms with E-state index in [0.717, 1.165) is 5.56 Å². The van der Waals surface area contributed by atoms with Gasteiger partial charge in [0.15, 0.2) is 0 Å². The number of benzene rings is 2. The minimum atomic E-state index is -3.63. The molecule has 0 saturated heterocycles. The number of nitrogens with two attached hydrogens (primary N) is 1. The molecule has 0 heterocycles. The van der Waals surface area contributed by atoms with E-state index in [9.17, 15) is 8.42 Å². The summed E-state index contributed by atoms with van der Waals surface area (Å²) < 4.78 is 27.3. The second-order valence-electron chi connectivity index (χ2n) is 4.98. The number of aryl methyl sites for hydroxylation is 1. The lowest BCUT2D eigenvalue weighted by Gasteiger charge is -2.24. The van der Waals surface area contributed by atoms with E-state index >= 15 is 0 Å². The van der Waals surface area contributed by atoms with Crippen LogP contribution in [0.1, 0.15) is 18.1 Å². The Morgan fingerprint density at radius 3 is 2.29 bits per heavy atom. The molecule has 2 rings (SSSR count). The van der Waals surface area contributed by atoms with Crippen LogP contribution < -0.4 is 10.0 Å². The van der Waals surface area contributed by atoms with Crippen molar-refractivity contribution in [1.82, 2.24) is 0 Å². The topological polar surface area (TPSA) is 63.4 Å². The zero-order valence-corrected chi connectivity index (χ0v) is 13.3. The Bertz CT molecular complexity index is 740. The fourth-order valence-corrected chi connectivity index (χ4v) is 4.14. The Balaban J connectivity index is 2.61. The molecule has 5 heteroatoms.